The van der Waals surface area contributed by atoms with Crippen molar-refractivity contribution in [2.75, 3.05) is 33.4 Å². The molecule has 1 unspecified atom stereocenters. The van der Waals surface area contributed by atoms with Crippen molar-refractivity contribution >= 4 is 5.91 Å². The van der Waals surface area contributed by atoms with E-state index in [0.29, 0.717) is 12.6 Å². The topological polar surface area (TPSA) is 61.8 Å². The van der Waals surface area contributed by atoms with Gasteiger partial charge >= 0.3 is 0 Å². The van der Waals surface area contributed by atoms with Crippen LogP contribution in [0.2, 0.25) is 0 Å². The molecule has 0 aromatic rings. The second kappa shape index (κ2) is 7.82. The van der Waals surface area contributed by atoms with Crippen LogP contribution in [0, 0.1) is 0 Å². The van der Waals surface area contributed by atoms with Crippen molar-refractivity contribution in [3.8, 4) is 0 Å². The van der Waals surface area contributed by atoms with Crippen LogP contribution in [0.25, 0.3) is 0 Å². The number of rotatable bonds is 7. The highest BCUT2D eigenvalue weighted by Crippen LogP contribution is 2.16. The lowest BCUT2D eigenvalue weighted by molar-refractivity contribution is -0.139. The molecule has 0 radical (unpaired) electrons. The second-order valence-electron chi connectivity index (χ2n) is 5.69. The molecule has 1 rings (SSSR count). The summed E-state index contributed by atoms with van der Waals surface area (Å²) in [6, 6.07) is 0.305. The van der Waals surface area contributed by atoms with Crippen molar-refractivity contribution < 1.29 is 14.6 Å². The van der Waals surface area contributed by atoms with Crippen molar-refractivity contribution in [1.29, 1.82) is 0 Å². The molecule has 0 aromatic heterocycles. The molecule has 1 fully saturated rings. The Morgan fingerprint density at radius 2 is 2.21 bits per heavy atom. The molecule has 5 nitrogen and oxygen atoms in total. The van der Waals surface area contributed by atoms with Gasteiger partial charge in [0.25, 0.3) is 5.91 Å². The number of hydrogen-bond donors (Lipinski definition) is 2. The molecule has 0 aromatic carbocycles. The van der Waals surface area contributed by atoms with E-state index in [9.17, 15) is 9.90 Å². The van der Waals surface area contributed by atoms with Crippen LogP contribution in [0.1, 0.15) is 39.5 Å². The van der Waals surface area contributed by atoms with Crippen LogP contribution in [0.4, 0.5) is 0 Å². The smallest absolute Gasteiger partial charge is 0.251 e. The number of carbonyl (C=O) groups excluding carboxylic acids is 1. The van der Waals surface area contributed by atoms with E-state index >= 15 is 0 Å². The molecule has 0 saturated carbocycles. The van der Waals surface area contributed by atoms with Crippen LogP contribution >= 0.6 is 0 Å². The first-order valence-electron chi connectivity index (χ1n) is 7.19. The molecular weight excluding hydrogens is 244 g/mol. The van der Waals surface area contributed by atoms with Crippen molar-refractivity contribution in [2.24, 2.45) is 0 Å². The maximum Gasteiger partial charge on any atom is 0.251 e. The van der Waals surface area contributed by atoms with Gasteiger partial charge in [-0.25, -0.2) is 0 Å². The van der Waals surface area contributed by atoms with E-state index < -0.39 is 5.60 Å². The molecule has 0 aliphatic carbocycles. The van der Waals surface area contributed by atoms with Gasteiger partial charge in [-0.1, -0.05) is 6.42 Å². The molecule has 112 valence electrons. The molecule has 1 heterocycles. The average Bonchev–Trinajstić information content (AvgIpc) is 2.43. The number of carbonyl (C=O) groups is 1. The second-order valence-corrected chi connectivity index (χ2v) is 5.69. The molecule has 2 N–H and O–H groups in total. The van der Waals surface area contributed by atoms with E-state index in [1.165, 1.54) is 12.8 Å². The Labute approximate surface area is 116 Å². The fourth-order valence-corrected chi connectivity index (χ4v) is 2.35. The number of amides is 1. The maximum atomic E-state index is 11.8. The van der Waals surface area contributed by atoms with Crippen LogP contribution in [-0.2, 0) is 9.53 Å². The number of nitrogens with zero attached hydrogens (tertiary/aromatic N) is 1. The first-order chi connectivity index (χ1) is 9.01. The first kappa shape index (κ1) is 16.4. The van der Waals surface area contributed by atoms with Gasteiger partial charge in [0, 0.05) is 26.2 Å². The zero-order valence-corrected chi connectivity index (χ0v) is 12.4. The summed E-state index contributed by atoms with van der Waals surface area (Å²) in [7, 11) is 1.54. The summed E-state index contributed by atoms with van der Waals surface area (Å²) < 4.78 is 5.13. The predicted molar refractivity (Wildman–Crippen MR) is 75.0 cm³/mol. The number of piperidine rings is 1. The van der Waals surface area contributed by atoms with Crippen LogP contribution in [0.15, 0.2) is 0 Å². The van der Waals surface area contributed by atoms with Gasteiger partial charge in [0.15, 0.2) is 0 Å². The minimum Gasteiger partial charge on any atom is -0.395 e. The molecule has 5 heteroatoms. The van der Waals surface area contributed by atoms with Gasteiger partial charge in [0.05, 0.1) is 6.61 Å². The van der Waals surface area contributed by atoms with Crippen LogP contribution in [0.5, 0.6) is 0 Å². The fraction of sp³-hybridized carbons (Fsp3) is 0.929. The number of likely N-dealkylation sites (tertiary alicyclic amines) is 1. The van der Waals surface area contributed by atoms with Crippen LogP contribution in [-0.4, -0.2) is 60.9 Å². The van der Waals surface area contributed by atoms with Gasteiger partial charge in [-0.3, -0.25) is 9.69 Å². The highest BCUT2D eigenvalue weighted by molar-refractivity contribution is 5.84. The van der Waals surface area contributed by atoms with E-state index in [2.05, 4.69) is 10.2 Å². The molecule has 1 aliphatic heterocycles. The van der Waals surface area contributed by atoms with Crippen LogP contribution < -0.4 is 5.32 Å². The number of aliphatic hydroxyl groups excluding tert-OH is 1. The van der Waals surface area contributed by atoms with Gasteiger partial charge in [-0.2, -0.15) is 0 Å². The number of methoxy groups -OCH3 is 1. The summed E-state index contributed by atoms with van der Waals surface area (Å²) in [5, 5.41) is 12.2. The number of aliphatic hydroxyl groups is 1. The summed E-state index contributed by atoms with van der Waals surface area (Å²) in [5.41, 5.74) is -0.765. The van der Waals surface area contributed by atoms with Crippen molar-refractivity contribution in [3.63, 3.8) is 0 Å². The summed E-state index contributed by atoms with van der Waals surface area (Å²) in [5.74, 6) is -0.0765. The fourth-order valence-electron chi connectivity index (χ4n) is 2.35. The van der Waals surface area contributed by atoms with E-state index in [-0.39, 0.29) is 12.5 Å². The third-order valence-electron chi connectivity index (χ3n) is 3.92. The highest BCUT2D eigenvalue weighted by atomic mass is 16.5. The standard InChI is InChI=1S/C14H28N2O3/c1-14(2,19-3)13(18)15-8-6-10-16-9-5-4-7-12(16)11-17/h12,17H,4-11H2,1-3H3,(H,15,18). The Morgan fingerprint density at radius 3 is 2.84 bits per heavy atom. The van der Waals surface area contributed by atoms with E-state index in [4.69, 9.17) is 4.74 Å². The van der Waals surface area contributed by atoms with Gasteiger partial charge < -0.3 is 15.2 Å². The van der Waals surface area contributed by atoms with Gasteiger partial charge in [-0.15, -0.1) is 0 Å². The number of nitrogens with one attached hydrogen (secondary N) is 1. The summed E-state index contributed by atoms with van der Waals surface area (Å²) in [6.45, 7) is 6.40. The predicted octanol–water partition coefficient (Wildman–Crippen LogP) is 0.765. The quantitative estimate of drug-likeness (QED) is 0.672. The van der Waals surface area contributed by atoms with Crippen molar-refractivity contribution in [3.05, 3.63) is 0 Å². The third kappa shape index (κ3) is 5.09. The van der Waals surface area contributed by atoms with Crippen molar-refractivity contribution in [1.82, 2.24) is 10.2 Å². The Bertz CT molecular complexity index is 282. The van der Waals surface area contributed by atoms with Gasteiger partial charge in [-0.05, 0) is 39.7 Å². The molecule has 19 heavy (non-hydrogen) atoms. The number of hydrogen-bond acceptors (Lipinski definition) is 4. The minimum absolute atomic E-state index is 0.0765. The molecule has 1 atom stereocenters. The largest absolute Gasteiger partial charge is 0.395 e. The minimum atomic E-state index is -0.765. The van der Waals surface area contributed by atoms with E-state index in [0.717, 1.165) is 25.9 Å². The lowest BCUT2D eigenvalue weighted by Gasteiger charge is -2.34. The highest BCUT2D eigenvalue weighted by Gasteiger charge is 2.26. The monoisotopic (exact) mass is 272 g/mol. The molecule has 1 aliphatic rings. The normalized spacial score (nSPS) is 21.4. The van der Waals surface area contributed by atoms with Gasteiger partial charge in [0.2, 0.25) is 0 Å². The molecule has 0 bridgehead atoms. The molecular formula is C14H28N2O3. The first-order valence-corrected chi connectivity index (χ1v) is 7.19. The lowest BCUT2D eigenvalue weighted by Crippen LogP contribution is -2.45. The summed E-state index contributed by atoms with van der Waals surface area (Å²) in [4.78, 5) is 14.1. The van der Waals surface area contributed by atoms with Crippen molar-refractivity contribution in [2.45, 2.75) is 51.2 Å². The van der Waals surface area contributed by atoms with Gasteiger partial charge in [0.1, 0.15) is 5.60 Å². The Morgan fingerprint density at radius 1 is 1.47 bits per heavy atom. The Kier molecular flexibility index (Phi) is 6.75. The third-order valence-corrected chi connectivity index (χ3v) is 3.92. The zero-order valence-electron chi connectivity index (χ0n) is 12.4. The lowest BCUT2D eigenvalue weighted by atomic mass is 10.0. The molecule has 1 amide bonds. The molecule has 0 spiro atoms. The summed E-state index contributed by atoms with van der Waals surface area (Å²) >= 11 is 0. The number of ether oxygens (including phenoxy) is 1. The maximum absolute atomic E-state index is 11.8. The van der Waals surface area contributed by atoms with E-state index in [1.807, 2.05) is 0 Å². The SMILES string of the molecule is COC(C)(C)C(=O)NCCCN1CCCCC1CO. The van der Waals surface area contributed by atoms with E-state index in [1.54, 1.807) is 21.0 Å². The zero-order chi connectivity index (χ0) is 14.3. The summed E-state index contributed by atoms with van der Waals surface area (Å²) in [6.07, 6.45) is 4.40. The molecule has 1 saturated heterocycles. The Balaban J connectivity index is 2.21. The average molecular weight is 272 g/mol. The van der Waals surface area contributed by atoms with Crippen LogP contribution in [0.3, 0.4) is 0 Å². The Hall–Kier alpha value is -0.650.